The van der Waals surface area contributed by atoms with E-state index in [4.69, 9.17) is 0 Å². The Bertz CT molecular complexity index is 1310. The van der Waals surface area contributed by atoms with E-state index >= 15 is 4.39 Å². The van der Waals surface area contributed by atoms with Crippen molar-refractivity contribution in [2.75, 3.05) is 0 Å². The molecule has 0 saturated carbocycles. The van der Waals surface area contributed by atoms with Gasteiger partial charge in [0.2, 0.25) is 0 Å². The molecular formula is C24H15F7N2. The van der Waals surface area contributed by atoms with Gasteiger partial charge in [-0.1, -0.05) is 26.8 Å². The van der Waals surface area contributed by atoms with Gasteiger partial charge >= 0.3 is 12.4 Å². The van der Waals surface area contributed by atoms with Gasteiger partial charge in [-0.05, 0) is 52.3 Å². The highest BCUT2D eigenvalue weighted by molar-refractivity contribution is 6.02. The zero-order valence-electron chi connectivity index (χ0n) is 17.5. The molecule has 0 aliphatic heterocycles. The quantitative estimate of drug-likeness (QED) is 0.346. The number of benzene rings is 3. The monoisotopic (exact) mass is 464 g/mol. The Hall–Kier alpha value is -3.59. The minimum Gasteiger partial charge on any atom is -0.206 e. The highest BCUT2D eigenvalue weighted by atomic mass is 19.4. The molecule has 0 fully saturated rings. The van der Waals surface area contributed by atoms with Crippen LogP contribution in [0.3, 0.4) is 0 Å². The number of nitriles is 2. The standard InChI is InChI=1S/C24H15F7N2/c1-22(2,3)15-5-12-4-14(10-32)18(11-33)20(21(12)19(25)9-15)13-6-16(23(26,27)28)8-17(7-13)24(29,30)31/h4-9H,1-3H3. The van der Waals surface area contributed by atoms with E-state index in [1.54, 1.807) is 32.9 Å². The largest absolute Gasteiger partial charge is 0.416 e. The molecule has 0 atom stereocenters. The lowest BCUT2D eigenvalue weighted by atomic mass is 9.83. The first-order valence-electron chi connectivity index (χ1n) is 9.48. The summed E-state index contributed by atoms with van der Waals surface area (Å²) in [5.74, 6) is -0.931. The van der Waals surface area contributed by atoms with Gasteiger partial charge in [0.1, 0.15) is 18.0 Å². The number of rotatable bonds is 1. The van der Waals surface area contributed by atoms with Crippen molar-refractivity contribution in [1.29, 1.82) is 10.5 Å². The van der Waals surface area contributed by atoms with Gasteiger partial charge < -0.3 is 0 Å². The Labute approximate surface area is 184 Å². The summed E-state index contributed by atoms with van der Waals surface area (Å²) in [7, 11) is 0. The van der Waals surface area contributed by atoms with Crippen LogP contribution >= 0.6 is 0 Å². The van der Waals surface area contributed by atoms with Gasteiger partial charge in [0, 0.05) is 10.9 Å². The molecule has 0 amide bonds. The van der Waals surface area contributed by atoms with E-state index in [0.717, 1.165) is 6.07 Å². The number of halogens is 7. The molecule has 0 saturated heterocycles. The molecule has 0 aliphatic carbocycles. The second kappa shape index (κ2) is 7.77. The van der Waals surface area contributed by atoms with Crippen LogP contribution in [0.25, 0.3) is 21.9 Å². The third-order valence-electron chi connectivity index (χ3n) is 5.16. The first kappa shape index (κ1) is 24.1. The first-order valence-corrected chi connectivity index (χ1v) is 9.48. The Morgan fingerprint density at radius 3 is 1.67 bits per heavy atom. The summed E-state index contributed by atoms with van der Waals surface area (Å²) >= 11 is 0. The van der Waals surface area contributed by atoms with E-state index in [1.165, 1.54) is 12.1 Å². The predicted molar refractivity (Wildman–Crippen MR) is 107 cm³/mol. The average Bonchev–Trinajstić information content (AvgIpc) is 2.69. The van der Waals surface area contributed by atoms with Gasteiger partial charge in [0.05, 0.1) is 22.3 Å². The van der Waals surface area contributed by atoms with Crippen LogP contribution in [0.15, 0.2) is 36.4 Å². The fourth-order valence-electron chi connectivity index (χ4n) is 3.52. The Balaban J connectivity index is 2.57. The van der Waals surface area contributed by atoms with Crippen molar-refractivity contribution in [3.05, 3.63) is 70.0 Å². The summed E-state index contributed by atoms with van der Waals surface area (Å²) in [6.45, 7) is 5.35. The van der Waals surface area contributed by atoms with Crippen LogP contribution in [-0.4, -0.2) is 0 Å². The summed E-state index contributed by atoms with van der Waals surface area (Å²) in [6.07, 6.45) is -10.3. The normalized spacial score (nSPS) is 12.5. The number of nitrogens with zero attached hydrogens (tertiary/aromatic N) is 2. The number of alkyl halides is 6. The van der Waals surface area contributed by atoms with E-state index in [2.05, 4.69) is 0 Å². The second-order valence-electron chi connectivity index (χ2n) is 8.50. The van der Waals surface area contributed by atoms with E-state index in [-0.39, 0.29) is 22.4 Å². The molecule has 2 nitrogen and oxygen atoms in total. The Kier molecular flexibility index (Phi) is 5.67. The third kappa shape index (κ3) is 4.49. The first-order chi connectivity index (χ1) is 15.1. The molecule has 0 spiro atoms. The molecule has 3 rings (SSSR count). The maximum absolute atomic E-state index is 15.3. The molecule has 3 aromatic carbocycles. The highest BCUT2D eigenvalue weighted by Gasteiger charge is 2.37. The van der Waals surface area contributed by atoms with Crippen molar-refractivity contribution < 1.29 is 30.7 Å². The molecule has 0 heterocycles. The topological polar surface area (TPSA) is 47.6 Å². The van der Waals surface area contributed by atoms with Crippen molar-refractivity contribution in [3.63, 3.8) is 0 Å². The van der Waals surface area contributed by atoms with Crippen molar-refractivity contribution in [3.8, 4) is 23.3 Å². The van der Waals surface area contributed by atoms with Gasteiger partial charge in [-0.3, -0.25) is 0 Å². The molecular weight excluding hydrogens is 449 g/mol. The van der Waals surface area contributed by atoms with Crippen molar-refractivity contribution in [1.82, 2.24) is 0 Å². The van der Waals surface area contributed by atoms with Crippen molar-refractivity contribution in [2.45, 2.75) is 38.5 Å². The van der Waals surface area contributed by atoms with E-state index in [1.807, 2.05) is 0 Å². The lowest BCUT2D eigenvalue weighted by Crippen LogP contribution is -2.12. The third-order valence-corrected chi connectivity index (χ3v) is 5.16. The molecule has 0 bridgehead atoms. The van der Waals surface area contributed by atoms with Gasteiger partial charge in [0.15, 0.2) is 0 Å². The van der Waals surface area contributed by atoms with E-state index < -0.39 is 51.4 Å². The summed E-state index contributed by atoms with van der Waals surface area (Å²) in [4.78, 5) is 0. The maximum Gasteiger partial charge on any atom is 0.416 e. The van der Waals surface area contributed by atoms with Gasteiger partial charge in [-0.25, -0.2) is 4.39 Å². The van der Waals surface area contributed by atoms with Gasteiger partial charge in [-0.2, -0.15) is 36.9 Å². The molecule has 3 aromatic rings. The van der Waals surface area contributed by atoms with E-state index in [0.29, 0.717) is 17.7 Å². The van der Waals surface area contributed by atoms with Crippen LogP contribution in [0.1, 0.15) is 48.6 Å². The van der Waals surface area contributed by atoms with Crippen LogP contribution in [0.2, 0.25) is 0 Å². The van der Waals surface area contributed by atoms with E-state index in [9.17, 15) is 36.9 Å². The molecule has 0 unspecified atom stereocenters. The van der Waals surface area contributed by atoms with Crippen LogP contribution in [0.4, 0.5) is 30.7 Å². The molecule has 0 radical (unpaired) electrons. The van der Waals surface area contributed by atoms with Crippen LogP contribution in [0, 0.1) is 28.5 Å². The summed E-state index contributed by atoms with van der Waals surface area (Å²) in [5.41, 5.74) is -5.25. The summed E-state index contributed by atoms with van der Waals surface area (Å²) in [5, 5.41) is 18.8. The fourth-order valence-corrected chi connectivity index (χ4v) is 3.52. The lowest BCUT2D eigenvalue weighted by molar-refractivity contribution is -0.143. The lowest BCUT2D eigenvalue weighted by Gasteiger charge is -2.22. The average molecular weight is 464 g/mol. The van der Waals surface area contributed by atoms with Crippen LogP contribution in [-0.2, 0) is 17.8 Å². The minimum atomic E-state index is -5.14. The zero-order valence-corrected chi connectivity index (χ0v) is 17.5. The summed E-state index contributed by atoms with van der Waals surface area (Å²) in [6, 6.07) is 7.98. The number of fused-ring (bicyclic) bond motifs is 1. The Morgan fingerprint density at radius 1 is 0.697 bits per heavy atom. The molecule has 0 N–H and O–H groups in total. The SMILES string of the molecule is CC(C)(C)c1cc(F)c2c(-c3cc(C(F)(F)F)cc(C(F)(F)F)c3)c(C#N)c(C#N)cc2c1. The van der Waals surface area contributed by atoms with Gasteiger partial charge in [-0.15, -0.1) is 0 Å². The van der Waals surface area contributed by atoms with Crippen LogP contribution < -0.4 is 0 Å². The Morgan fingerprint density at radius 2 is 1.24 bits per heavy atom. The molecule has 33 heavy (non-hydrogen) atoms. The fraction of sp³-hybridized carbons (Fsp3) is 0.250. The molecule has 170 valence electrons. The predicted octanol–water partition coefficient (Wildman–Crippen LogP) is 7.72. The molecule has 0 aromatic heterocycles. The second-order valence-corrected chi connectivity index (χ2v) is 8.50. The molecule has 0 aliphatic rings. The van der Waals surface area contributed by atoms with Crippen LogP contribution in [0.5, 0.6) is 0 Å². The number of hydrogen-bond acceptors (Lipinski definition) is 2. The van der Waals surface area contributed by atoms with Crippen molar-refractivity contribution in [2.24, 2.45) is 0 Å². The summed E-state index contributed by atoms with van der Waals surface area (Å²) < 4.78 is 95.7. The number of hydrogen-bond donors (Lipinski definition) is 0. The maximum atomic E-state index is 15.3. The highest BCUT2D eigenvalue weighted by Crippen LogP contribution is 2.43. The van der Waals surface area contributed by atoms with Gasteiger partial charge in [0.25, 0.3) is 0 Å². The zero-order chi connectivity index (χ0) is 24.9. The minimum absolute atomic E-state index is 0.0556. The smallest absolute Gasteiger partial charge is 0.206 e. The molecule has 9 heteroatoms. The van der Waals surface area contributed by atoms with Crippen molar-refractivity contribution >= 4 is 10.8 Å².